The molecule has 0 spiro atoms. The first kappa shape index (κ1) is 17.4. The number of furan rings is 1. The van der Waals surface area contributed by atoms with Crippen molar-refractivity contribution < 1.29 is 18.1 Å². The van der Waals surface area contributed by atoms with Crippen molar-refractivity contribution in [1.82, 2.24) is 0 Å². The van der Waals surface area contributed by atoms with E-state index in [2.05, 4.69) is 18.2 Å². The largest absolute Gasteiger partial charge is 0.456 e. The monoisotopic (exact) mass is 582 g/mol. The van der Waals surface area contributed by atoms with E-state index in [1.54, 1.807) is 12.1 Å². The molecule has 0 aliphatic rings. The van der Waals surface area contributed by atoms with Crippen LogP contribution in [-0.4, -0.2) is 0 Å². The SMILES string of the molecule is [2H]c1c([2H])c([2H])c(-c2cc(-c3c([2H])c([2H])c([2H])c([2H])c3[2H])cc(-c3c4ccccc4c(-c4ccc5c(c4)oc4ccccc45)c4ccccc34)c2)c([2H])c1[2H]. The zero-order valence-corrected chi connectivity index (χ0v) is 23.8. The van der Waals surface area contributed by atoms with Crippen LogP contribution in [0.5, 0.6) is 0 Å². The van der Waals surface area contributed by atoms with Crippen molar-refractivity contribution in [3.05, 3.63) is 170 Å². The summed E-state index contributed by atoms with van der Waals surface area (Å²) in [6.45, 7) is 0. The molecule has 0 atom stereocenters. The summed E-state index contributed by atoms with van der Waals surface area (Å²) in [5.41, 5.74) is 5.16. The number of para-hydroxylation sites is 1. The summed E-state index contributed by atoms with van der Waals surface area (Å²) in [7, 11) is 0. The second kappa shape index (κ2) is 10.4. The molecule has 45 heavy (non-hydrogen) atoms. The van der Waals surface area contributed by atoms with Crippen molar-refractivity contribution >= 4 is 43.5 Å². The lowest BCUT2D eigenvalue weighted by atomic mass is 9.84. The quantitative estimate of drug-likeness (QED) is 0.188. The van der Waals surface area contributed by atoms with Crippen LogP contribution in [0.1, 0.15) is 13.7 Å². The summed E-state index contributed by atoms with van der Waals surface area (Å²) in [5, 5.41) is 5.59. The molecule has 1 nitrogen and oxygen atoms in total. The second-order valence-electron chi connectivity index (χ2n) is 10.9. The van der Waals surface area contributed by atoms with Gasteiger partial charge in [-0.1, -0.05) is 133 Å². The van der Waals surface area contributed by atoms with Gasteiger partial charge in [0.25, 0.3) is 0 Å². The highest BCUT2D eigenvalue weighted by molar-refractivity contribution is 6.22. The lowest BCUT2D eigenvalue weighted by molar-refractivity contribution is 0.669. The lowest BCUT2D eigenvalue weighted by Crippen LogP contribution is -1.92. The molecule has 0 fully saturated rings. The average Bonchev–Trinajstić information content (AvgIpc) is 3.57. The molecule has 1 aromatic heterocycles. The Bertz CT molecular complexity index is 2910. The van der Waals surface area contributed by atoms with Crippen molar-refractivity contribution in [3.63, 3.8) is 0 Å². The standard InChI is InChI=1S/C44H28O/c1-3-13-29(14-4-1)32-25-33(30-15-5-2-6-16-30)27-34(26-32)44-39-20-9-7-18-37(39)43(38-19-8-10-21-40(38)44)31-23-24-36-35-17-11-12-22-41(35)45-42(36)28-31/h1-28H/i1D,2D,3D,4D,5D,6D,13D,14D,15D,16D. The first-order valence-electron chi connectivity index (χ1n) is 19.6. The van der Waals surface area contributed by atoms with Crippen LogP contribution in [0.15, 0.2) is 174 Å². The highest BCUT2D eigenvalue weighted by atomic mass is 16.3. The van der Waals surface area contributed by atoms with Crippen molar-refractivity contribution in [1.29, 1.82) is 0 Å². The molecule has 0 amide bonds. The molecule has 9 aromatic rings. The topological polar surface area (TPSA) is 13.1 Å². The van der Waals surface area contributed by atoms with E-state index in [-0.39, 0.29) is 22.3 Å². The van der Waals surface area contributed by atoms with Crippen LogP contribution < -0.4 is 0 Å². The zero-order valence-electron chi connectivity index (χ0n) is 33.8. The molecule has 0 bridgehead atoms. The Morgan fingerprint density at radius 1 is 0.333 bits per heavy atom. The Kier molecular flexibility index (Phi) is 4.01. The third kappa shape index (κ3) is 4.24. The van der Waals surface area contributed by atoms with E-state index in [0.29, 0.717) is 5.56 Å². The minimum absolute atomic E-state index is 0.0640. The van der Waals surface area contributed by atoms with E-state index in [1.165, 1.54) is 6.07 Å². The molecule has 0 N–H and O–H groups in total. The van der Waals surface area contributed by atoms with Crippen LogP contribution in [-0.2, 0) is 0 Å². The molecule has 8 aromatic carbocycles. The van der Waals surface area contributed by atoms with Crippen LogP contribution >= 0.6 is 0 Å². The Hall–Kier alpha value is -5.92. The second-order valence-corrected chi connectivity index (χ2v) is 10.9. The van der Waals surface area contributed by atoms with Gasteiger partial charge in [0.2, 0.25) is 0 Å². The van der Waals surface area contributed by atoms with Crippen molar-refractivity contribution in [2.45, 2.75) is 0 Å². The van der Waals surface area contributed by atoms with E-state index >= 15 is 0 Å². The number of benzene rings is 8. The lowest BCUT2D eigenvalue weighted by Gasteiger charge is -2.19. The normalized spacial score (nSPS) is 14.7. The molecule has 9 rings (SSSR count). The smallest absolute Gasteiger partial charge is 0.136 e. The highest BCUT2D eigenvalue weighted by Crippen LogP contribution is 2.46. The maximum Gasteiger partial charge on any atom is 0.136 e. The minimum atomic E-state index is -0.533. The third-order valence-corrected chi connectivity index (χ3v) is 8.40. The van der Waals surface area contributed by atoms with Gasteiger partial charge in [-0.15, -0.1) is 0 Å². The summed E-state index contributed by atoms with van der Waals surface area (Å²) >= 11 is 0. The molecular weight excluding hydrogens is 544 g/mol. The molecule has 0 saturated carbocycles. The van der Waals surface area contributed by atoms with E-state index in [9.17, 15) is 0 Å². The van der Waals surface area contributed by atoms with Gasteiger partial charge in [-0.2, -0.15) is 0 Å². The fourth-order valence-electron chi connectivity index (χ4n) is 6.48. The molecule has 1 heteroatoms. The molecular formula is C44H28O. The number of hydrogen-bond donors (Lipinski definition) is 0. The summed E-state index contributed by atoms with van der Waals surface area (Å²) in [4.78, 5) is 0. The zero-order chi connectivity index (χ0) is 38.4. The van der Waals surface area contributed by atoms with Crippen LogP contribution in [0.3, 0.4) is 0 Å². The van der Waals surface area contributed by atoms with Crippen molar-refractivity contribution in [2.24, 2.45) is 0 Å². The van der Waals surface area contributed by atoms with Crippen molar-refractivity contribution in [3.8, 4) is 44.5 Å². The van der Waals surface area contributed by atoms with Gasteiger partial charge in [0.15, 0.2) is 0 Å². The summed E-state index contributed by atoms with van der Waals surface area (Å²) in [6, 6.07) is 30.3. The summed E-state index contributed by atoms with van der Waals surface area (Å²) < 4.78 is 91.8. The molecule has 0 aliphatic carbocycles. The number of hydrogen-bond acceptors (Lipinski definition) is 1. The maximum absolute atomic E-state index is 8.84. The predicted molar refractivity (Wildman–Crippen MR) is 190 cm³/mol. The van der Waals surface area contributed by atoms with E-state index < -0.39 is 60.4 Å². The number of rotatable bonds is 4. The maximum atomic E-state index is 8.84. The molecule has 0 unspecified atom stereocenters. The molecule has 0 saturated heterocycles. The van der Waals surface area contributed by atoms with E-state index in [1.807, 2.05) is 72.8 Å². The summed E-state index contributed by atoms with van der Waals surface area (Å²) in [6.07, 6.45) is 0. The van der Waals surface area contributed by atoms with E-state index in [0.717, 1.165) is 60.2 Å². The Labute approximate surface area is 275 Å². The first-order valence-corrected chi connectivity index (χ1v) is 14.6. The van der Waals surface area contributed by atoms with Crippen LogP contribution in [0.4, 0.5) is 0 Å². The van der Waals surface area contributed by atoms with Gasteiger partial charge in [-0.05, 0) is 102 Å². The van der Waals surface area contributed by atoms with Crippen molar-refractivity contribution in [2.75, 3.05) is 0 Å². The highest BCUT2D eigenvalue weighted by Gasteiger charge is 2.19. The van der Waals surface area contributed by atoms with E-state index in [4.69, 9.17) is 18.1 Å². The Morgan fingerprint density at radius 2 is 0.778 bits per heavy atom. The molecule has 210 valence electrons. The summed E-state index contributed by atoms with van der Waals surface area (Å²) in [5.74, 6) is 0. The molecule has 0 radical (unpaired) electrons. The fraction of sp³-hybridized carbons (Fsp3) is 0. The van der Waals surface area contributed by atoms with Crippen LogP contribution in [0.25, 0.3) is 88.0 Å². The van der Waals surface area contributed by atoms with Gasteiger partial charge in [0, 0.05) is 10.8 Å². The van der Waals surface area contributed by atoms with Gasteiger partial charge in [0.05, 0.1) is 13.7 Å². The Morgan fingerprint density at radius 3 is 1.33 bits per heavy atom. The van der Waals surface area contributed by atoms with Gasteiger partial charge in [-0.3, -0.25) is 0 Å². The minimum Gasteiger partial charge on any atom is -0.456 e. The van der Waals surface area contributed by atoms with Gasteiger partial charge < -0.3 is 4.42 Å². The fourth-order valence-corrected chi connectivity index (χ4v) is 6.48. The predicted octanol–water partition coefficient (Wildman–Crippen LogP) is 12.6. The molecule has 1 heterocycles. The number of fused-ring (bicyclic) bond motifs is 5. The first-order chi connectivity index (χ1) is 26.5. The average molecular weight is 583 g/mol. The van der Waals surface area contributed by atoms with Crippen LogP contribution in [0, 0.1) is 0 Å². The van der Waals surface area contributed by atoms with Gasteiger partial charge >= 0.3 is 0 Å². The third-order valence-electron chi connectivity index (χ3n) is 8.40. The van der Waals surface area contributed by atoms with Gasteiger partial charge in [-0.25, -0.2) is 0 Å². The molecule has 0 aliphatic heterocycles. The Balaban J connectivity index is 1.40. The van der Waals surface area contributed by atoms with Crippen LogP contribution in [0.2, 0.25) is 0 Å². The van der Waals surface area contributed by atoms with Gasteiger partial charge in [0.1, 0.15) is 11.2 Å².